The number of halogens is 6. The summed E-state index contributed by atoms with van der Waals surface area (Å²) in [6.07, 6.45) is -0.597. The molecule has 1 aromatic rings. The maximum atomic E-state index is 13.3. The smallest absolute Gasteiger partial charge is 0.314 e. The summed E-state index contributed by atoms with van der Waals surface area (Å²) >= 11 is 0. The SMILES string of the molecule is O=C(Oc1c(F)c(F)c(F)c(F)c1F)C1CCCC(F)C1. The normalized spacial score (nSPS) is 22.2. The summed E-state index contributed by atoms with van der Waals surface area (Å²) in [5.74, 6) is -15.0. The molecule has 0 N–H and O–H groups in total. The average molecular weight is 312 g/mol. The Morgan fingerprint density at radius 2 is 1.43 bits per heavy atom. The van der Waals surface area contributed by atoms with Gasteiger partial charge in [-0.25, -0.2) is 17.6 Å². The van der Waals surface area contributed by atoms with E-state index in [0.717, 1.165) is 0 Å². The van der Waals surface area contributed by atoms with Gasteiger partial charge in [0.1, 0.15) is 6.17 Å². The molecule has 0 saturated heterocycles. The number of carbonyl (C=O) groups is 1. The van der Waals surface area contributed by atoms with E-state index in [1.165, 1.54) is 0 Å². The van der Waals surface area contributed by atoms with Gasteiger partial charge in [-0.05, 0) is 25.7 Å². The zero-order chi connectivity index (χ0) is 15.7. The molecule has 1 aliphatic carbocycles. The van der Waals surface area contributed by atoms with Crippen LogP contribution in [0.25, 0.3) is 0 Å². The zero-order valence-corrected chi connectivity index (χ0v) is 10.6. The fraction of sp³-hybridized carbons (Fsp3) is 0.462. The van der Waals surface area contributed by atoms with Crippen LogP contribution < -0.4 is 4.74 Å². The largest absolute Gasteiger partial charge is 0.420 e. The van der Waals surface area contributed by atoms with Crippen molar-refractivity contribution >= 4 is 5.97 Å². The van der Waals surface area contributed by atoms with E-state index in [1.54, 1.807) is 0 Å². The predicted octanol–water partition coefficient (Wildman–Crippen LogP) is 3.82. The number of hydrogen-bond acceptors (Lipinski definition) is 2. The van der Waals surface area contributed by atoms with Crippen LogP contribution in [0.15, 0.2) is 0 Å². The van der Waals surface area contributed by atoms with E-state index in [0.29, 0.717) is 6.42 Å². The van der Waals surface area contributed by atoms with Crippen LogP contribution in [0.3, 0.4) is 0 Å². The highest BCUT2D eigenvalue weighted by Gasteiger charge is 2.33. The summed E-state index contributed by atoms with van der Waals surface area (Å²) in [6.45, 7) is 0. The van der Waals surface area contributed by atoms with Gasteiger partial charge in [0.15, 0.2) is 0 Å². The zero-order valence-electron chi connectivity index (χ0n) is 10.6. The first-order valence-electron chi connectivity index (χ1n) is 6.20. The second-order valence-corrected chi connectivity index (χ2v) is 4.78. The van der Waals surface area contributed by atoms with E-state index in [4.69, 9.17) is 0 Å². The molecule has 0 radical (unpaired) electrons. The van der Waals surface area contributed by atoms with Gasteiger partial charge in [-0.2, -0.15) is 8.78 Å². The highest BCUT2D eigenvalue weighted by molar-refractivity contribution is 5.75. The molecular formula is C13H10F6O2. The van der Waals surface area contributed by atoms with Crippen molar-refractivity contribution in [1.29, 1.82) is 0 Å². The van der Waals surface area contributed by atoms with Crippen molar-refractivity contribution in [2.24, 2.45) is 5.92 Å². The third-order valence-corrected chi connectivity index (χ3v) is 3.32. The van der Waals surface area contributed by atoms with E-state index in [2.05, 4.69) is 4.74 Å². The van der Waals surface area contributed by atoms with Gasteiger partial charge in [-0.15, -0.1) is 0 Å². The van der Waals surface area contributed by atoms with E-state index < -0.39 is 52.9 Å². The monoisotopic (exact) mass is 312 g/mol. The lowest BCUT2D eigenvalue weighted by Gasteiger charge is -2.22. The fourth-order valence-electron chi connectivity index (χ4n) is 2.20. The molecular weight excluding hydrogens is 302 g/mol. The van der Waals surface area contributed by atoms with Crippen LogP contribution in [0.5, 0.6) is 5.75 Å². The number of esters is 1. The molecule has 8 heteroatoms. The molecule has 0 heterocycles. The van der Waals surface area contributed by atoms with Gasteiger partial charge >= 0.3 is 5.97 Å². The number of rotatable bonds is 2. The van der Waals surface area contributed by atoms with Crippen molar-refractivity contribution < 1.29 is 35.9 Å². The van der Waals surface area contributed by atoms with Crippen LogP contribution in [-0.2, 0) is 4.79 Å². The summed E-state index contributed by atoms with van der Waals surface area (Å²) in [7, 11) is 0. The number of carbonyl (C=O) groups excluding carboxylic acids is 1. The Balaban J connectivity index is 2.25. The Labute approximate surface area is 115 Å². The molecule has 0 amide bonds. The van der Waals surface area contributed by atoms with Crippen LogP contribution in [0.2, 0.25) is 0 Å². The molecule has 1 saturated carbocycles. The minimum atomic E-state index is -2.34. The van der Waals surface area contributed by atoms with E-state index in [-0.39, 0.29) is 19.3 Å². The minimum absolute atomic E-state index is 0.200. The van der Waals surface area contributed by atoms with Gasteiger partial charge < -0.3 is 4.74 Å². The molecule has 116 valence electrons. The number of ether oxygens (including phenoxy) is 1. The molecule has 2 nitrogen and oxygen atoms in total. The molecule has 1 aliphatic rings. The molecule has 1 fully saturated rings. The van der Waals surface area contributed by atoms with Gasteiger partial charge in [-0.1, -0.05) is 0 Å². The van der Waals surface area contributed by atoms with Gasteiger partial charge in [0, 0.05) is 0 Å². The highest BCUT2D eigenvalue weighted by Crippen LogP contribution is 2.32. The molecule has 2 rings (SSSR count). The minimum Gasteiger partial charge on any atom is -0.420 e. The van der Waals surface area contributed by atoms with E-state index >= 15 is 0 Å². The Hall–Kier alpha value is -1.73. The molecule has 0 aromatic heterocycles. The Morgan fingerprint density at radius 3 is 1.95 bits per heavy atom. The van der Waals surface area contributed by atoms with Gasteiger partial charge in [0.25, 0.3) is 0 Å². The van der Waals surface area contributed by atoms with Crippen molar-refractivity contribution in [2.45, 2.75) is 31.9 Å². The lowest BCUT2D eigenvalue weighted by atomic mass is 9.88. The third-order valence-electron chi connectivity index (χ3n) is 3.32. The molecule has 21 heavy (non-hydrogen) atoms. The second-order valence-electron chi connectivity index (χ2n) is 4.78. The first kappa shape index (κ1) is 15.7. The summed E-state index contributed by atoms with van der Waals surface area (Å²) in [5.41, 5.74) is 0. The lowest BCUT2D eigenvalue weighted by Crippen LogP contribution is -2.28. The van der Waals surface area contributed by atoms with E-state index in [1.807, 2.05) is 0 Å². The van der Waals surface area contributed by atoms with Crippen LogP contribution in [0.4, 0.5) is 26.3 Å². The quantitative estimate of drug-likeness (QED) is 0.273. The van der Waals surface area contributed by atoms with Gasteiger partial charge in [0.05, 0.1) is 5.92 Å². The molecule has 2 atom stereocenters. The Bertz CT molecular complexity index is 545. The summed E-state index contributed by atoms with van der Waals surface area (Å²) in [4.78, 5) is 11.7. The summed E-state index contributed by atoms with van der Waals surface area (Å²) in [5, 5.41) is 0. The molecule has 2 unspecified atom stereocenters. The first-order chi connectivity index (χ1) is 9.82. The average Bonchev–Trinajstić information content (AvgIpc) is 2.47. The molecule has 0 aliphatic heterocycles. The van der Waals surface area contributed by atoms with Crippen molar-refractivity contribution in [3.8, 4) is 5.75 Å². The number of alkyl halides is 1. The second kappa shape index (κ2) is 5.95. The Kier molecular flexibility index (Phi) is 4.43. The lowest BCUT2D eigenvalue weighted by molar-refractivity contribution is -0.141. The third kappa shape index (κ3) is 2.98. The molecule has 0 spiro atoms. The topological polar surface area (TPSA) is 26.3 Å². The van der Waals surface area contributed by atoms with Crippen LogP contribution in [0, 0.1) is 35.0 Å². The van der Waals surface area contributed by atoms with Crippen LogP contribution in [-0.4, -0.2) is 12.1 Å². The first-order valence-corrected chi connectivity index (χ1v) is 6.20. The maximum Gasteiger partial charge on any atom is 0.314 e. The number of benzene rings is 1. The Morgan fingerprint density at radius 1 is 0.905 bits per heavy atom. The summed E-state index contributed by atoms with van der Waals surface area (Å²) in [6, 6.07) is 0. The van der Waals surface area contributed by atoms with E-state index in [9.17, 15) is 31.1 Å². The molecule has 0 bridgehead atoms. The predicted molar refractivity (Wildman–Crippen MR) is 58.7 cm³/mol. The van der Waals surface area contributed by atoms with Crippen molar-refractivity contribution in [1.82, 2.24) is 0 Å². The van der Waals surface area contributed by atoms with Crippen LogP contribution in [0.1, 0.15) is 25.7 Å². The van der Waals surface area contributed by atoms with Crippen molar-refractivity contribution in [2.75, 3.05) is 0 Å². The van der Waals surface area contributed by atoms with Gasteiger partial charge in [-0.3, -0.25) is 4.79 Å². The van der Waals surface area contributed by atoms with Crippen molar-refractivity contribution in [3.05, 3.63) is 29.1 Å². The fourth-order valence-corrected chi connectivity index (χ4v) is 2.20. The standard InChI is InChI=1S/C13H10F6O2/c14-6-3-1-2-5(4-6)13(20)21-12-10(18)8(16)7(15)9(17)11(12)19/h5-6H,1-4H2. The van der Waals surface area contributed by atoms with Crippen LogP contribution >= 0.6 is 0 Å². The van der Waals surface area contributed by atoms with Gasteiger partial charge in [0.2, 0.25) is 34.8 Å². The summed E-state index contributed by atoms with van der Waals surface area (Å²) < 4.78 is 82.8. The highest BCUT2D eigenvalue weighted by atomic mass is 19.2. The number of hydrogen-bond donors (Lipinski definition) is 0. The van der Waals surface area contributed by atoms with Crippen molar-refractivity contribution in [3.63, 3.8) is 0 Å². The molecule has 1 aromatic carbocycles. The maximum absolute atomic E-state index is 13.3.